The first kappa shape index (κ1) is 18.3. The van der Waals surface area contributed by atoms with Crippen LogP contribution in [-0.2, 0) is 4.74 Å². The molecule has 0 fully saturated rings. The average Bonchev–Trinajstić information content (AvgIpc) is 2.74. The molecule has 0 aliphatic heterocycles. The van der Waals surface area contributed by atoms with Gasteiger partial charge in [0.15, 0.2) is 0 Å². The molecule has 0 atom stereocenters. The molecule has 0 spiro atoms. The molecule has 2 aromatic carbocycles. The van der Waals surface area contributed by atoms with E-state index in [-0.39, 0.29) is 18.1 Å². The smallest absolute Gasteiger partial charge is 0.345 e. The summed E-state index contributed by atoms with van der Waals surface area (Å²) in [6, 6.07) is 14.0. The molecule has 0 bridgehead atoms. The number of ether oxygens (including phenoxy) is 1. The number of fused-ring (bicyclic) bond motifs is 3. The summed E-state index contributed by atoms with van der Waals surface area (Å²) in [5.74, 6) is -0.990. The number of rotatable bonds is 4. The van der Waals surface area contributed by atoms with Crippen molar-refractivity contribution in [1.29, 1.82) is 0 Å². The van der Waals surface area contributed by atoms with Crippen molar-refractivity contribution in [2.45, 2.75) is 6.92 Å². The zero-order valence-corrected chi connectivity index (χ0v) is 15.5. The minimum Gasteiger partial charge on any atom is -0.462 e. The maximum atomic E-state index is 12.6. The molecule has 144 valence electrons. The van der Waals surface area contributed by atoms with Crippen molar-refractivity contribution in [3.63, 3.8) is 0 Å². The fourth-order valence-corrected chi connectivity index (χ4v) is 2.94. The quantitative estimate of drug-likeness (QED) is 0.426. The monoisotopic (exact) mass is 388 g/mol. The van der Waals surface area contributed by atoms with Crippen molar-refractivity contribution in [3.8, 4) is 0 Å². The molecule has 1 N–H and O–H groups in total. The van der Waals surface area contributed by atoms with Crippen molar-refractivity contribution in [2.75, 3.05) is 11.9 Å². The molecule has 0 radical (unpaired) electrons. The van der Waals surface area contributed by atoms with Gasteiger partial charge in [0.05, 0.1) is 12.1 Å². The van der Waals surface area contributed by atoms with E-state index in [0.29, 0.717) is 27.8 Å². The summed E-state index contributed by atoms with van der Waals surface area (Å²) in [7, 11) is 0. The Bertz CT molecular complexity index is 1300. The van der Waals surface area contributed by atoms with Crippen LogP contribution >= 0.6 is 0 Å². The molecule has 29 heavy (non-hydrogen) atoms. The second-order valence-corrected chi connectivity index (χ2v) is 6.19. The first-order valence-corrected chi connectivity index (χ1v) is 8.92. The van der Waals surface area contributed by atoms with E-state index in [2.05, 4.69) is 15.3 Å². The number of hydrogen-bond donors (Lipinski definition) is 1. The number of carbonyl (C=O) groups excluding carboxylic acids is 2. The van der Waals surface area contributed by atoms with Gasteiger partial charge >= 0.3 is 5.97 Å². The molecule has 0 saturated heterocycles. The van der Waals surface area contributed by atoms with E-state index in [9.17, 15) is 14.4 Å². The standard InChI is InChI=1S/C21H16N4O4/c1-2-29-21(28)16-11-22-18-15-10-14(24-19(26)13-6-4-3-5-7-13)8-9-17(15)23-12-25(18)20(16)27/h3-12H,2H2,1H3,(H,24,26). The van der Waals surface area contributed by atoms with Crippen molar-refractivity contribution in [2.24, 2.45) is 0 Å². The normalized spacial score (nSPS) is 10.8. The topological polar surface area (TPSA) is 103 Å². The van der Waals surface area contributed by atoms with Crippen LogP contribution in [0.4, 0.5) is 5.69 Å². The summed E-state index contributed by atoms with van der Waals surface area (Å²) in [6.07, 6.45) is 2.52. The zero-order valence-electron chi connectivity index (χ0n) is 15.5. The highest BCUT2D eigenvalue weighted by molar-refractivity contribution is 6.05. The molecule has 8 nitrogen and oxygen atoms in total. The van der Waals surface area contributed by atoms with Crippen molar-refractivity contribution in [3.05, 3.63) is 82.5 Å². The van der Waals surface area contributed by atoms with E-state index in [1.54, 1.807) is 49.4 Å². The maximum Gasteiger partial charge on any atom is 0.345 e. The van der Waals surface area contributed by atoms with Crippen LogP contribution in [0, 0.1) is 0 Å². The molecular formula is C21H16N4O4. The van der Waals surface area contributed by atoms with Gasteiger partial charge in [0.25, 0.3) is 11.5 Å². The Morgan fingerprint density at radius 1 is 1.10 bits per heavy atom. The lowest BCUT2D eigenvalue weighted by Crippen LogP contribution is -2.24. The number of aromatic nitrogens is 3. The third-order valence-corrected chi connectivity index (χ3v) is 4.33. The van der Waals surface area contributed by atoms with Gasteiger partial charge in [0.1, 0.15) is 17.5 Å². The van der Waals surface area contributed by atoms with E-state index in [1.807, 2.05) is 6.07 Å². The van der Waals surface area contributed by atoms with Gasteiger partial charge in [-0.1, -0.05) is 18.2 Å². The summed E-state index contributed by atoms with van der Waals surface area (Å²) in [6.45, 7) is 1.81. The average molecular weight is 388 g/mol. The van der Waals surface area contributed by atoms with Gasteiger partial charge in [-0.3, -0.25) is 9.59 Å². The maximum absolute atomic E-state index is 12.6. The van der Waals surface area contributed by atoms with Crippen LogP contribution < -0.4 is 10.9 Å². The minimum atomic E-state index is -0.733. The summed E-state index contributed by atoms with van der Waals surface area (Å²) >= 11 is 0. The first-order valence-electron chi connectivity index (χ1n) is 8.92. The van der Waals surface area contributed by atoms with Crippen LogP contribution in [0.2, 0.25) is 0 Å². The molecule has 2 heterocycles. The van der Waals surface area contributed by atoms with Gasteiger partial charge in [0.2, 0.25) is 0 Å². The highest BCUT2D eigenvalue weighted by atomic mass is 16.5. The predicted octanol–water partition coefficient (Wildman–Crippen LogP) is 2.67. The zero-order chi connectivity index (χ0) is 20.4. The Morgan fingerprint density at radius 3 is 2.66 bits per heavy atom. The van der Waals surface area contributed by atoms with Gasteiger partial charge in [-0.2, -0.15) is 0 Å². The largest absolute Gasteiger partial charge is 0.462 e. The molecule has 4 aromatic rings. The molecular weight excluding hydrogens is 372 g/mol. The van der Waals surface area contributed by atoms with E-state index in [1.165, 1.54) is 16.9 Å². The highest BCUT2D eigenvalue weighted by Gasteiger charge is 2.16. The predicted molar refractivity (Wildman–Crippen MR) is 107 cm³/mol. The van der Waals surface area contributed by atoms with Gasteiger partial charge in [-0.15, -0.1) is 0 Å². The molecule has 1 amide bonds. The van der Waals surface area contributed by atoms with E-state index < -0.39 is 11.5 Å². The summed E-state index contributed by atoms with van der Waals surface area (Å²) in [5.41, 5.74) is 1.24. The van der Waals surface area contributed by atoms with Crippen LogP contribution in [0.5, 0.6) is 0 Å². The lowest BCUT2D eigenvalue weighted by Gasteiger charge is -2.09. The number of nitrogens with one attached hydrogen (secondary N) is 1. The van der Waals surface area contributed by atoms with Crippen LogP contribution in [0.15, 0.2) is 65.8 Å². The highest BCUT2D eigenvalue weighted by Crippen LogP contribution is 2.21. The van der Waals surface area contributed by atoms with Crippen LogP contribution in [0.25, 0.3) is 16.6 Å². The third kappa shape index (κ3) is 3.43. The number of esters is 1. The van der Waals surface area contributed by atoms with Crippen molar-refractivity contribution in [1.82, 2.24) is 14.4 Å². The third-order valence-electron chi connectivity index (χ3n) is 4.33. The molecule has 0 aliphatic carbocycles. The van der Waals surface area contributed by atoms with Gasteiger partial charge < -0.3 is 10.1 Å². The Labute approximate surface area is 164 Å². The van der Waals surface area contributed by atoms with E-state index >= 15 is 0 Å². The number of anilines is 1. The number of benzene rings is 2. The summed E-state index contributed by atoms with van der Waals surface area (Å²) in [5, 5.41) is 3.38. The number of hydrogen-bond acceptors (Lipinski definition) is 6. The molecule has 0 unspecified atom stereocenters. The number of carbonyl (C=O) groups is 2. The molecule has 0 saturated carbocycles. The Kier molecular flexibility index (Phi) is 4.74. The lowest BCUT2D eigenvalue weighted by molar-refractivity contribution is 0.0523. The second kappa shape index (κ2) is 7.51. The van der Waals surface area contributed by atoms with Gasteiger partial charge in [-0.25, -0.2) is 19.2 Å². The SMILES string of the molecule is CCOC(=O)c1cnc2c3cc(NC(=O)c4ccccc4)ccc3ncn2c1=O. The van der Waals surface area contributed by atoms with Crippen molar-refractivity contribution >= 4 is 34.1 Å². The second-order valence-electron chi connectivity index (χ2n) is 6.19. The fraction of sp³-hybridized carbons (Fsp3) is 0.0952. The fourth-order valence-electron chi connectivity index (χ4n) is 2.94. The van der Waals surface area contributed by atoms with Crippen molar-refractivity contribution < 1.29 is 14.3 Å². The molecule has 4 rings (SSSR count). The Balaban J connectivity index is 1.78. The Hall–Kier alpha value is -4.07. The van der Waals surface area contributed by atoms with Gasteiger partial charge in [0, 0.05) is 22.8 Å². The van der Waals surface area contributed by atoms with Crippen LogP contribution in [0.1, 0.15) is 27.6 Å². The first-order chi connectivity index (χ1) is 14.1. The lowest BCUT2D eigenvalue weighted by atomic mass is 10.2. The van der Waals surface area contributed by atoms with Gasteiger partial charge in [-0.05, 0) is 37.3 Å². The summed E-state index contributed by atoms with van der Waals surface area (Å²) < 4.78 is 6.08. The van der Waals surface area contributed by atoms with Crippen LogP contribution in [-0.4, -0.2) is 32.9 Å². The minimum absolute atomic E-state index is 0.154. The van der Waals surface area contributed by atoms with E-state index in [4.69, 9.17) is 4.74 Å². The molecule has 8 heteroatoms. The molecule has 0 aliphatic rings. The van der Waals surface area contributed by atoms with E-state index in [0.717, 1.165) is 0 Å². The number of amides is 1. The number of nitrogens with zero attached hydrogens (tertiary/aromatic N) is 3. The Morgan fingerprint density at radius 2 is 1.90 bits per heavy atom. The van der Waals surface area contributed by atoms with Crippen LogP contribution in [0.3, 0.4) is 0 Å². The summed E-state index contributed by atoms with van der Waals surface area (Å²) in [4.78, 5) is 45.5. The molecule has 2 aromatic heterocycles.